The van der Waals surface area contributed by atoms with Gasteiger partial charge in [0.2, 0.25) is 0 Å². The summed E-state index contributed by atoms with van der Waals surface area (Å²) in [6, 6.07) is 1.97. The topological polar surface area (TPSA) is 72.5 Å². The number of hydrogen-bond donors (Lipinski definition) is 2. The third-order valence-corrected chi connectivity index (χ3v) is 1.55. The molecule has 0 saturated carbocycles. The summed E-state index contributed by atoms with van der Waals surface area (Å²) in [5.74, 6) is -2.09. The number of anilines is 1. The molecule has 0 heterocycles. The molecule has 0 aliphatic carbocycles. The highest BCUT2D eigenvalue weighted by molar-refractivity contribution is 5.89. The van der Waals surface area contributed by atoms with E-state index in [1.807, 2.05) is 0 Å². The lowest BCUT2D eigenvalue weighted by atomic mass is 10.2. The summed E-state index contributed by atoms with van der Waals surface area (Å²) in [6.07, 6.45) is 0. The van der Waals surface area contributed by atoms with Gasteiger partial charge in [0.05, 0.1) is 18.4 Å². The number of carbonyl (C=O) groups is 1. The van der Waals surface area contributed by atoms with Gasteiger partial charge in [-0.05, 0) is 6.07 Å². The van der Waals surface area contributed by atoms with Crippen molar-refractivity contribution in [1.29, 1.82) is 0 Å². The molecule has 0 spiro atoms. The van der Waals surface area contributed by atoms with Crippen molar-refractivity contribution in [3.8, 4) is 5.75 Å². The van der Waals surface area contributed by atoms with E-state index in [9.17, 15) is 9.18 Å². The third-order valence-electron chi connectivity index (χ3n) is 1.55. The maximum absolute atomic E-state index is 13.0. The van der Waals surface area contributed by atoms with E-state index in [0.29, 0.717) is 0 Å². The Morgan fingerprint density at radius 2 is 2.14 bits per heavy atom. The third kappa shape index (κ3) is 2.26. The van der Waals surface area contributed by atoms with Gasteiger partial charge in [-0.3, -0.25) is 0 Å². The van der Waals surface area contributed by atoms with Crippen molar-refractivity contribution in [3.63, 3.8) is 0 Å². The number of methoxy groups -OCH3 is 1. The standard InChI is InChI=1S/C8H8FNO3.ClH/c1-13-7-3-5(9)4(8(11)12)2-6(7)10;/h2-3H,10H2,1H3,(H,11,12);1H. The first-order valence-corrected chi connectivity index (χ1v) is 3.42. The minimum absolute atomic E-state index is 0. The quantitative estimate of drug-likeness (QED) is 0.743. The molecule has 4 nitrogen and oxygen atoms in total. The molecule has 0 amide bonds. The van der Waals surface area contributed by atoms with Gasteiger partial charge in [-0.1, -0.05) is 0 Å². The van der Waals surface area contributed by atoms with Gasteiger partial charge in [0.25, 0.3) is 0 Å². The molecule has 0 aromatic heterocycles. The fourth-order valence-corrected chi connectivity index (χ4v) is 0.912. The van der Waals surface area contributed by atoms with E-state index in [-0.39, 0.29) is 23.8 Å². The Labute approximate surface area is 85.9 Å². The van der Waals surface area contributed by atoms with Crippen molar-refractivity contribution in [2.24, 2.45) is 0 Å². The second-order valence-electron chi connectivity index (χ2n) is 2.38. The zero-order chi connectivity index (χ0) is 10.0. The monoisotopic (exact) mass is 221 g/mol. The second-order valence-corrected chi connectivity index (χ2v) is 2.38. The summed E-state index contributed by atoms with van der Waals surface area (Å²) >= 11 is 0. The predicted molar refractivity (Wildman–Crippen MR) is 51.6 cm³/mol. The molecule has 0 fully saturated rings. The number of hydrogen-bond acceptors (Lipinski definition) is 3. The molecule has 0 bridgehead atoms. The van der Waals surface area contributed by atoms with Crippen LogP contribution in [0.5, 0.6) is 5.75 Å². The number of rotatable bonds is 2. The second kappa shape index (κ2) is 4.66. The Hall–Kier alpha value is -1.49. The van der Waals surface area contributed by atoms with Gasteiger partial charge >= 0.3 is 5.97 Å². The zero-order valence-electron chi connectivity index (χ0n) is 7.28. The van der Waals surface area contributed by atoms with Crippen LogP contribution in [-0.4, -0.2) is 18.2 Å². The van der Waals surface area contributed by atoms with Crippen molar-refractivity contribution >= 4 is 24.1 Å². The summed E-state index contributed by atoms with van der Waals surface area (Å²) in [4.78, 5) is 10.4. The molecule has 0 radical (unpaired) electrons. The van der Waals surface area contributed by atoms with Crippen molar-refractivity contribution in [2.75, 3.05) is 12.8 Å². The maximum Gasteiger partial charge on any atom is 0.338 e. The predicted octanol–water partition coefficient (Wildman–Crippen LogP) is 1.54. The van der Waals surface area contributed by atoms with Crippen LogP contribution in [0.25, 0.3) is 0 Å². The SMILES string of the molecule is COc1cc(F)c(C(=O)O)cc1N.Cl. The Bertz CT molecular complexity index is 357. The van der Waals surface area contributed by atoms with Crippen molar-refractivity contribution in [2.45, 2.75) is 0 Å². The molecule has 0 atom stereocenters. The van der Waals surface area contributed by atoms with Gasteiger partial charge in [-0.2, -0.15) is 0 Å². The molecule has 0 aliphatic rings. The number of carboxylic acid groups (broad SMARTS) is 1. The van der Waals surface area contributed by atoms with E-state index < -0.39 is 17.3 Å². The van der Waals surface area contributed by atoms with Crippen LogP contribution in [0.15, 0.2) is 12.1 Å². The smallest absolute Gasteiger partial charge is 0.338 e. The molecule has 78 valence electrons. The molecular formula is C8H9ClFNO3. The number of benzene rings is 1. The highest BCUT2D eigenvalue weighted by atomic mass is 35.5. The Morgan fingerprint density at radius 1 is 1.57 bits per heavy atom. The lowest BCUT2D eigenvalue weighted by Gasteiger charge is -2.05. The van der Waals surface area contributed by atoms with E-state index in [1.165, 1.54) is 7.11 Å². The lowest BCUT2D eigenvalue weighted by molar-refractivity contribution is 0.0692. The largest absolute Gasteiger partial charge is 0.494 e. The van der Waals surface area contributed by atoms with Gasteiger partial charge in [0.15, 0.2) is 0 Å². The molecule has 1 aromatic carbocycles. The Kier molecular flexibility index (Phi) is 4.17. The summed E-state index contributed by atoms with van der Waals surface area (Å²) in [6.45, 7) is 0. The fourth-order valence-electron chi connectivity index (χ4n) is 0.912. The van der Waals surface area contributed by atoms with Crippen molar-refractivity contribution < 1.29 is 19.0 Å². The normalized spacial score (nSPS) is 9.00. The first kappa shape index (κ1) is 12.5. The molecule has 14 heavy (non-hydrogen) atoms. The number of aromatic carboxylic acids is 1. The average Bonchev–Trinajstić information content (AvgIpc) is 2.07. The van der Waals surface area contributed by atoms with Crippen molar-refractivity contribution in [1.82, 2.24) is 0 Å². The fraction of sp³-hybridized carbons (Fsp3) is 0.125. The van der Waals surface area contributed by atoms with Crippen LogP contribution in [0.4, 0.5) is 10.1 Å². The Morgan fingerprint density at radius 3 is 2.57 bits per heavy atom. The van der Waals surface area contributed by atoms with E-state index in [2.05, 4.69) is 0 Å². The van der Waals surface area contributed by atoms with E-state index >= 15 is 0 Å². The number of halogens is 2. The van der Waals surface area contributed by atoms with Crippen LogP contribution in [-0.2, 0) is 0 Å². The van der Waals surface area contributed by atoms with Crippen LogP contribution >= 0.6 is 12.4 Å². The molecule has 1 aromatic rings. The highest BCUT2D eigenvalue weighted by Crippen LogP contribution is 2.24. The molecule has 6 heteroatoms. The summed E-state index contributed by atoms with van der Waals surface area (Å²) in [7, 11) is 1.32. The van der Waals surface area contributed by atoms with Gasteiger partial charge in [-0.25, -0.2) is 9.18 Å². The first-order valence-electron chi connectivity index (χ1n) is 3.42. The Balaban J connectivity index is 0.00000169. The van der Waals surface area contributed by atoms with Crippen LogP contribution < -0.4 is 10.5 Å². The number of ether oxygens (including phenoxy) is 1. The molecule has 0 saturated heterocycles. The molecule has 0 unspecified atom stereocenters. The molecule has 3 N–H and O–H groups in total. The summed E-state index contributed by atoms with van der Waals surface area (Å²) in [5, 5.41) is 8.52. The van der Waals surface area contributed by atoms with Gasteiger partial charge in [0.1, 0.15) is 11.6 Å². The van der Waals surface area contributed by atoms with Crippen LogP contribution in [0, 0.1) is 5.82 Å². The lowest BCUT2D eigenvalue weighted by Crippen LogP contribution is -2.03. The number of nitrogens with two attached hydrogens (primary N) is 1. The number of nitrogen functional groups attached to an aromatic ring is 1. The average molecular weight is 222 g/mol. The van der Waals surface area contributed by atoms with Crippen molar-refractivity contribution in [3.05, 3.63) is 23.5 Å². The first-order chi connectivity index (χ1) is 6.06. The summed E-state index contributed by atoms with van der Waals surface area (Å²) in [5.41, 5.74) is 5.02. The van der Waals surface area contributed by atoms with Crippen LogP contribution in [0.1, 0.15) is 10.4 Å². The number of carboxylic acids is 1. The zero-order valence-corrected chi connectivity index (χ0v) is 8.10. The van der Waals surface area contributed by atoms with E-state index in [1.54, 1.807) is 0 Å². The van der Waals surface area contributed by atoms with Gasteiger partial charge < -0.3 is 15.6 Å². The van der Waals surface area contributed by atoms with Gasteiger partial charge in [0, 0.05) is 6.07 Å². The minimum Gasteiger partial charge on any atom is -0.494 e. The molecular weight excluding hydrogens is 213 g/mol. The molecule has 1 rings (SSSR count). The summed E-state index contributed by atoms with van der Waals surface area (Å²) < 4.78 is 17.7. The van der Waals surface area contributed by atoms with Crippen LogP contribution in [0.3, 0.4) is 0 Å². The van der Waals surface area contributed by atoms with Crippen LogP contribution in [0.2, 0.25) is 0 Å². The molecule has 0 aliphatic heterocycles. The maximum atomic E-state index is 13.0. The minimum atomic E-state index is -1.35. The van der Waals surface area contributed by atoms with E-state index in [0.717, 1.165) is 12.1 Å². The van der Waals surface area contributed by atoms with E-state index in [4.69, 9.17) is 15.6 Å². The highest BCUT2D eigenvalue weighted by Gasteiger charge is 2.13. The van der Waals surface area contributed by atoms with Gasteiger partial charge in [-0.15, -0.1) is 12.4 Å².